The summed E-state index contributed by atoms with van der Waals surface area (Å²) in [5.74, 6) is 0. The summed E-state index contributed by atoms with van der Waals surface area (Å²) in [4.78, 5) is 0. The van der Waals surface area contributed by atoms with Gasteiger partial charge in [-0.25, -0.2) is 0 Å². The lowest BCUT2D eigenvalue weighted by Crippen LogP contribution is -2.39. The van der Waals surface area contributed by atoms with Gasteiger partial charge in [0, 0.05) is 5.41 Å². The van der Waals surface area contributed by atoms with Crippen LogP contribution in [0.15, 0.2) is 0 Å². The lowest BCUT2D eigenvalue weighted by atomic mass is 9.81. The maximum atomic E-state index is 9.23. The molecule has 2 atom stereocenters. The molecule has 0 saturated carbocycles. The molecule has 2 unspecified atom stereocenters. The first-order valence-corrected chi connectivity index (χ1v) is 4.20. The van der Waals surface area contributed by atoms with E-state index < -0.39 is 6.23 Å². The maximum Gasteiger partial charge on any atom is 0.107 e. The van der Waals surface area contributed by atoms with E-state index in [0.29, 0.717) is 6.54 Å². The standard InChI is InChI=1S/C8H20N2O/c1-3-8(2,7(10)11)5-4-6-9/h7,11H,3-6,9-10H2,1-2H3. The molecule has 0 radical (unpaired) electrons. The smallest absolute Gasteiger partial charge is 0.107 e. The maximum absolute atomic E-state index is 9.23. The number of hydrogen-bond acceptors (Lipinski definition) is 3. The molecular formula is C8H20N2O. The average Bonchev–Trinajstić information content (AvgIpc) is 2.00. The lowest BCUT2D eigenvalue weighted by molar-refractivity contribution is 0.0318. The van der Waals surface area contributed by atoms with Gasteiger partial charge in [0.2, 0.25) is 0 Å². The summed E-state index contributed by atoms with van der Waals surface area (Å²) in [6, 6.07) is 0. The van der Waals surface area contributed by atoms with Crippen LogP contribution in [-0.4, -0.2) is 17.9 Å². The van der Waals surface area contributed by atoms with E-state index in [9.17, 15) is 5.11 Å². The highest BCUT2D eigenvalue weighted by Crippen LogP contribution is 2.28. The molecule has 0 amide bonds. The molecule has 3 nitrogen and oxygen atoms in total. The second-order valence-electron chi connectivity index (χ2n) is 3.34. The molecule has 0 aromatic rings. The molecule has 11 heavy (non-hydrogen) atoms. The Morgan fingerprint density at radius 2 is 2.09 bits per heavy atom. The second kappa shape index (κ2) is 4.70. The summed E-state index contributed by atoms with van der Waals surface area (Å²) in [5.41, 5.74) is 10.7. The lowest BCUT2D eigenvalue weighted by Gasteiger charge is -2.30. The highest BCUT2D eigenvalue weighted by molar-refractivity contribution is 4.77. The Morgan fingerprint density at radius 1 is 1.55 bits per heavy atom. The predicted molar refractivity (Wildman–Crippen MR) is 46.9 cm³/mol. The van der Waals surface area contributed by atoms with Crippen molar-refractivity contribution in [2.75, 3.05) is 6.54 Å². The van der Waals surface area contributed by atoms with Crippen LogP contribution in [-0.2, 0) is 0 Å². The van der Waals surface area contributed by atoms with Crippen molar-refractivity contribution >= 4 is 0 Å². The Kier molecular flexibility index (Phi) is 4.65. The van der Waals surface area contributed by atoms with Crippen molar-refractivity contribution in [1.82, 2.24) is 0 Å². The van der Waals surface area contributed by atoms with Crippen LogP contribution < -0.4 is 11.5 Å². The third-order valence-electron chi connectivity index (χ3n) is 2.47. The van der Waals surface area contributed by atoms with Crippen molar-refractivity contribution < 1.29 is 5.11 Å². The molecule has 0 fully saturated rings. The fourth-order valence-electron chi connectivity index (χ4n) is 1.04. The van der Waals surface area contributed by atoms with Gasteiger partial charge in [-0.1, -0.05) is 13.8 Å². The van der Waals surface area contributed by atoms with Crippen molar-refractivity contribution in [3.63, 3.8) is 0 Å². The molecule has 0 rings (SSSR count). The molecule has 3 heteroatoms. The molecule has 0 bridgehead atoms. The summed E-state index contributed by atoms with van der Waals surface area (Å²) >= 11 is 0. The quantitative estimate of drug-likeness (QED) is 0.510. The normalized spacial score (nSPS) is 19.4. The van der Waals surface area contributed by atoms with Crippen molar-refractivity contribution in [3.8, 4) is 0 Å². The first-order chi connectivity index (χ1) is 5.06. The molecule has 0 saturated heterocycles. The summed E-state index contributed by atoms with van der Waals surface area (Å²) < 4.78 is 0. The third-order valence-corrected chi connectivity index (χ3v) is 2.47. The van der Waals surface area contributed by atoms with Crippen molar-refractivity contribution in [3.05, 3.63) is 0 Å². The van der Waals surface area contributed by atoms with Gasteiger partial charge in [-0.05, 0) is 25.8 Å². The fourth-order valence-corrected chi connectivity index (χ4v) is 1.04. The Morgan fingerprint density at radius 3 is 2.36 bits per heavy atom. The number of rotatable bonds is 5. The minimum atomic E-state index is -0.723. The molecule has 5 N–H and O–H groups in total. The summed E-state index contributed by atoms with van der Waals surface area (Å²) in [5, 5.41) is 9.23. The van der Waals surface area contributed by atoms with Crippen molar-refractivity contribution in [2.24, 2.45) is 16.9 Å². The predicted octanol–water partition coefficient (Wildman–Crippen LogP) is 0.419. The molecule has 0 aliphatic heterocycles. The Hall–Kier alpha value is -0.120. The topological polar surface area (TPSA) is 72.3 Å². The van der Waals surface area contributed by atoms with E-state index in [-0.39, 0.29) is 5.41 Å². The van der Waals surface area contributed by atoms with Gasteiger partial charge >= 0.3 is 0 Å². The van der Waals surface area contributed by atoms with Crippen molar-refractivity contribution in [1.29, 1.82) is 0 Å². The molecular weight excluding hydrogens is 140 g/mol. The summed E-state index contributed by atoms with van der Waals surface area (Å²) in [6.45, 7) is 4.70. The van der Waals surface area contributed by atoms with E-state index in [4.69, 9.17) is 11.5 Å². The van der Waals surface area contributed by atoms with Crippen LogP contribution in [0.2, 0.25) is 0 Å². The third kappa shape index (κ3) is 3.18. The average molecular weight is 160 g/mol. The second-order valence-corrected chi connectivity index (χ2v) is 3.34. The van der Waals surface area contributed by atoms with E-state index in [2.05, 4.69) is 0 Å². The van der Waals surface area contributed by atoms with Crippen LogP contribution in [0, 0.1) is 5.41 Å². The van der Waals surface area contributed by atoms with E-state index in [1.54, 1.807) is 0 Å². The Balaban J connectivity index is 3.88. The molecule has 68 valence electrons. The monoisotopic (exact) mass is 160 g/mol. The highest BCUT2D eigenvalue weighted by Gasteiger charge is 2.27. The van der Waals surface area contributed by atoms with E-state index >= 15 is 0 Å². The largest absolute Gasteiger partial charge is 0.378 e. The van der Waals surface area contributed by atoms with E-state index in [1.807, 2.05) is 13.8 Å². The van der Waals surface area contributed by atoms with Crippen LogP contribution in [0.25, 0.3) is 0 Å². The summed E-state index contributed by atoms with van der Waals surface area (Å²) in [6.07, 6.45) is 2.00. The minimum Gasteiger partial charge on any atom is -0.378 e. The van der Waals surface area contributed by atoms with Gasteiger partial charge in [-0.2, -0.15) is 0 Å². The Labute approximate surface area is 68.8 Å². The molecule has 0 aromatic carbocycles. The van der Waals surface area contributed by atoms with Gasteiger partial charge in [-0.15, -0.1) is 0 Å². The van der Waals surface area contributed by atoms with Gasteiger partial charge < -0.3 is 16.6 Å². The first-order valence-electron chi connectivity index (χ1n) is 4.20. The van der Waals surface area contributed by atoms with Gasteiger partial charge in [0.05, 0.1) is 0 Å². The van der Waals surface area contributed by atoms with Gasteiger partial charge in [0.1, 0.15) is 6.23 Å². The van der Waals surface area contributed by atoms with Crippen LogP contribution in [0.4, 0.5) is 0 Å². The molecule has 0 heterocycles. The first kappa shape index (κ1) is 10.9. The molecule has 0 aliphatic rings. The zero-order valence-electron chi connectivity index (χ0n) is 7.51. The van der Waals surface area contributed by atoms with Crippen LogP contribution in [0.5, 0.6) is 0 Å². The number of aliphatic hydroxyl groups is 1. The number of aliphatic hydroxyl groups excluding tert-OH is 1. The molecule has 0 aromatic heterocycles. The SMILES string of the molecule is CCC(C)(CCCN)C(N)O. The van der Waals surface area contributed by atoms with E-state index in [1.165, 1.54) is 0 Å². The van der Waals surface area contributed by atoms with Crippen LogP contribution in [0.1, 0.15) is 33.1 Å². The minimum absolute atomic E-state index is 0.153. The van der Waals surface area contributed by atoms with Crippen molar-refractivity contribution in [2.45, 2.75) is 39.3 Å². The van der Waals surface area contributed by atoms with Gasteiger partial charge in [0.15, 0.2) is 0 Å². The van der Waals surface area contributed by atoms with Crippen LogP contribution >= 0.6 is 0 Å². The van der Waals surface area contributed by atoms with Gasteiger partial charge in [0.25, 0.3) is 0 Å². The summed E-state index contributed by atoms with van der Waals surface area (Å²) in [7, 11) is 0. The van der Waals surface area contributed by atoms with E-state index in [0.717, 1.165) is 19.3 Å². The number of nitrogens with two attached hydrogens (primary N) is 2. The zero-order valence-corrected chi connectivity index (χ0v) is 7.51. The zero-order chi connectivity index (χ0) is 8.91. The molecule has 0 spiro atoms. The Bertz CT molecular complexity index is 106. The van der Waals surface area contributed by atoms with Gasteiger partial charge in [-0.3, -0.25) is 0 Å². The van der Waals surface area contributed by atoms with Crippen LogP contribution in [0.3, 0.4) is 0 Å². The highest BCUT2D eigenvalue weighted by atomic mass is 16.3. The molecule has 0 aliphatic carbocycles. The number of hydrogen-bond donors (Lipinski definition) is 3. The fraction of sp³-hybridized carbons (Fsp3) is 1.00.